The smallest absolute Gasteiger partial charge is 0.356 e. The summed E-state index contributed by atoms with van der Waals surface area (Å²) in [5.41, 5.74) is 3.53. The highest BCUT2D eigenvalue weighted by molar-refractivity contribution is 5.92. The van der Waals surface area contributed by atoms with Crippen LogP contribution in [0, 0.1) is 5.82 Å². The van der Waals surface area contributed by atoms with Gasteiger partial charge in [0.15, 0.2) is 11.6 Å². The SMILES string of the molecule is COC(=O)c1cccc(C(O)Cc2c(-c3ccccc3)[nH]c3cc(OC)c(F)cc23)n1. The first-order chi connectivity index (χ1) is 15.0. The number of hydrogen-bond donors (Lipinski definition) is 2. The highest BCUT2D eigenvalue weighted by atomic mass is 19.1. The van der Waals surface area contributed by atoms with Crippen molar-refractivity contribution in [1.29, 1.82) is 0 Å². The predicted octanol–water partition coefficient (Wildman–Crippen LogP) is 4.44. The van der Waals surface area contributed by atoms with Crippen molar-refractivity contribution < 1.29 is 23.8 Å². The summed E-state index contributed by atoms with van der Waals surface area (Å²) in [6, 6.07) is 17.4. The van der Waals surface area contributed by atoms with Crippen LogP contribution in [0.15, 0.2) is 60.7 Å². The van der Waals surface area contributed by atoms with Crippen molar-refractivity contribution in [3.63, 3.8) is 0 Å². The summed E-state index contributed by atoms with van der Waals surface area (Å²) in [7, 11) is 2.68. The van der Waals surface area contributed by atoms with E-state index in [9.17, 15) is 14.3 Å². The van der Waals surface area contributed by atoms with E-state index in [1.807, 2.05) is 30.3 Å². The fourth-order valence-electron chi connectivity index (χ4n) is 3.62. The van der Waals surface area contributed by atoms with Gasteiger partial charge in [-0.05, 0) is 29.3 Å². The molecule has 1 unspecified atom stereocenters. The second-order valence-corrected chi connectivity index (χ2v) is 7.04. The molecular formula is C24H21FN2O4. The summed E-state index contributed by atoms with van der Waals surface area (Å²) in [4.78, 5) is 19.3. The van der Waals surface area contributed by atoms with Crippen molar-refractivity contribution in [2.24, 2.45) is 0 Å². The van der Waals surface area contributed by atoms with Crippen LogP contribution in [0.25, 0.3) is 22.2 Å². The largest absolute Gasteiger partial charge is 0.494 e. The number of esters is 1. The molecule has 0 fully saturated rings. The maximum Gasteiger partial charge on any atom is 0.356 e. The van der Waals surface area contributed by atoms with Crippen LogP contribution in [0.4, 0.5) is 4.39 Å². The van der Waals surface area contributed by atoms with Gasteiger partial charge in [-0.1, -0.05) is 36.4 Å². The van der Waals surface area contributed by atoms with Crippen LogP contribution < -0.4 is 4.74 Å². The number of fused-ring (bicyclic) bond motifs is 1. The van der Waals surface area contributed by atoms with Gasteiger partial charge in [-0.25, -0.2) is 14.2 Å². The topological polar surface area (TPSA) is 84.4 Å². The number of nitrogens with zero attached hydrogens (tertiary/aromatic N) is 1. The lowest BCUT2D eigenvalue weighted by Gasteiger charge is -2.13. The second kappa shape index (κ2) is 8.57. The highest BCUT2D eigenvalue weighted by Gasteiger charge is 2.21. The molecule has 4 rings (SSSR count). The average Bonchev–Trinajstić information content (AvgIpc) is 3.15. The summed E-state index contributed by atoms with van der Waals surface area (Å²) < 4.78 is 24.3. The van der Waals surface area contributed by atoms with E-state index in [-0.39, 0.29) is 17.9 Å². The second-order valence-electron chi connectivity index (χ2n) is 7.04. The summed E-state index contributed by atoms with van der Waals surface area (Å²) >= 11 is 0. The van der Waals surface area contributed by atoms with Crippen LogP contribution in [0.5, 0.6) is 5.75 Å². The van der Waals surface area contributed by atoms with Gasteiger partial charge in [0.05, 0.1) is 25.4 Å². The molecule has 0 spiro atoms. The third-order valence-electron chi connectivity index (χ3n) is 5.15. The number of aliphatic hydroxyl groups excluding tert-OH is 1. The molecule has 6 nitrogen and oxygen atoms in total. The lowest BCUT2D eigenvalue weighted by atomic mass is 9.98. The van der Waals surface area contributed by atoms with E-state index in [2.05, 4.69) is 9.97 Å². The first-order valence-corrected chi connectivity index (χ1v) is 9.68. The maximum absolute atomic E-state index is 14.5. The first-order valence-electron chi connectivity index (χ1n) is 9.68. The monoisotopic (exact) mass is 420 g/mol. The molecule has 0 saturated heterocycles. The molecular weight excluding hydrogens is 399 g/mol. The maximum atomic E-state index is 14.5. The number of hydrogen-bond acceptors (Lipinski definition) is 5. The Morgan fingerprint density at radius 3 is 2.61 bits per heavy atom. The van der Waals surface area contributed by atoms with E-state index in [1.54, 1.807) is 18.2 Å². The molecule has 0 bridgehead atoms. The zero-order valence-corrected chi connectivity index (χ0v) is 17.1. The lowest BCUT2D eigenvalue weighted by molar-refractivity contribution is 0.0593. The first kappa shape index (κ1) is 20.6. The molecule has 2 aromatic carbocycles. The van der Waals surface area contributed by atoms with Gasteiger partial charge in [0, 0.05) is 23.6 Å². The van der Waals surface area contributed by atoms with Gasteiger partial charge >= 0.3 is 5.97 Å². The van der Waals surface area contributed by atoms with Crippen molar-refractivity contribution in [1.82, 2.24) is 9.97 Å². The minimum Gasteiger partial charge on any atom is -0.494 e. The molecule has 0 aliphatic rings. The van der Waals surface area contributed by atoms with Gasteiger partial charge < -0.3 is 19.6 Å². The van der Waals surface area contributed by atoms with Gasteiger partial charge in [0.2, 0.25) is 0 Å². The van der Waals surface area contributed by atoms with E-state index in [0.29, 0.717) is 16.6 Å². The molecule has 0 aliphatic heterocycles. The highest BCUT2D eigenvalue weighted by Crippen LogP contribution is 2.36. The van der Waals surface area contributed by atoms with Crippen molar-refractivity contribution in [2.45, 2.75) is 12.5 Å². The molecule has 2 N–H and O–H groups in total. The molecule has 2 heterocycles. The number of aliphatic hydroxyl groups is 1. The zero-order chi connectivity index (χ0) is 22.0. The number of methoxy groups -OCH3 is 2. The van der Waals surface area contributed by atoms with E-state index in [1.165, 1.54) is 26.4 Å². The fourth-order valence-corrected chi connectivity index (χ4v) is 3.62. The number of carbonyl (C=O) groups is 1. The van der Waals surface area contributed by atoms with Gasteiger partial charge in [-0.3, -0.25) is 0 Å². The molecule has 7 heteroatoms. The fraction of sp³-hybridized carbons (Fsp3) is 0.167. The Hall–Kier alpha value is -3.71. The number of ether oxygens (including phenoxy) is 2. The standard InChI is InChI=1S/C24H21FN2O4/c1-30-22-13-20-15(11-17(22)25)16(23(27-20)14-7-4-3-5-8-14)12-21(28)18-9-6-10-19(26-18)24(29)31-2/h3-11,13,21,27-28H,12H2,1-2H3. The van der Waals surface area contributed by atoms with Crippen LogP contribution >= 0.6 is 0 Å². The molecule has 1 atom stereocenters. The van der Waals surface area contributed by atoms with Crippen molar-refractivity contribution >= 4 is 16.9 Å². The molecule has 0 aliphatic carbocycles. The van der Waals surface area contributed by atoms with Crippen LogP contribution in [0.2, 0.25) is 0 Å². The van der Waals surface area contributed by atoms with Crippen LogP contribution in [0.1, 0.15) is 27.8 Å². The molecule has 4 aromatic rings. The number of halogens is 1. The normalized spacial score (nSPS) is 12.0. The minimum atomic E-state index is -1.02. The van der Waals surface area contributed by atoms with E-state index >= 15 is 0 Å². The van der Waals surface area contributed by atoms with Crippen molar-refractivity contribution in [2.75, 3.05) is 14.2 Å². The Balaban J connectivity index is 1.80. The number of aromatic nitrogens is 2. The molecule has 0 radical (unpaired) electrons. The number of carbonyl (C=O) groups excluding carboxylic acids is 1. The van der Waals surface area contributed by atoms with Gasteiger partial charge in [0.1, 0.15) is 11.8 Å². The van der Waals surface area contributed by atoms with Crippen LogP contribution in [-0.4, -0.2) is 35.3 Å². The number of pyridine rings is 1. The average molecular weight is 420 g/mol. The van der Waals surface area contributed by atoms with Crippen LogP contribution in [0.3, 0.4) is 0 Å². The quantitative estimate of drug-likeness (QED) is 0.451. The zero-order valence-electron chi connectivity index (χ0n) is 17.1. The van der Waals surface area contributed by atoms with Crippen molar-refractivity contribution in [3.8, 4) is 17.0 Å². The number of rotatable bonds is 6. The Morgan fingerprint density at radius 2 is 1.90 bits per heavy atom. The number of aromatic amines is 1. The van der Waals surface area contributed by atoms with Gasteiger partial charge in [0.25, 0.3) is 0 Å². The van der Waals surface area contributed by atoms with Crippen molar-refractivity contribution in [3.05, 3.63) is 83.4 Å². The number of benzene rings is 2. The van der Waals surface area contributed by atoms with Crippen LogP contribution in [-0.2, 0) is 11.2 Å². The lowest BCUT2D eigenvalue weighted by Crippen LogP contribution is -2.10. The Bertz CT molecular complexity index is 1240. The third kappa shape index (κ3) is 4.00. The predicted molar refractivity (Wildman–Crippen MR) is 114 cm³/mol. The molecule has 158 valence electrons. The number of H-pyrrole nitrogens is 1. The number of nitrogens with one attached hydrogen (secondary N) is 1. The van der Waals surface area contributed by atoms with Gasteiger partial charge in [-0.2, -0.15) is 0 Å². The third-order valence-corrected chi connectivity index (χ3v) is 5.15. The summed E-state index contributed by atoms with van der Waals surface area (Å²) in [5, 5.41) is 11.6. The van der Waals surface area contributed by atoms with Gasteiger partial charge in [-0.15, -0.1) is 0 Å². The molecule has 31 heavy (non-hydrogen) atoms. The van der Waals surface area contributed by atoms with E-state index in [0.717, 1.165) is 16.8 Å². The van der Waals surface area contributed by atoms with E-state index in [4.69, 9.17) is 9.47 Å². The molecule has 0 amide bonds. The molecule has 2 aromatic heterocycles. The summed E-state index contributed by atoms with van der Waals surface area (Å²) in [6.07, 6.45) is -0.857. The Labute approximate surface area is 178 Å². The minimum absolute atomic E-state index is 0.108. The van der Waals surface area contributed by atoms with E-state index < -0.39 is 17.9 Å². The summed E-state index contributed by atoms with van der Waals surface area (Å²) in [6.45, 7) is 0. The Kier molecular flexibility index (Phi) is 5.68. The molecule has 0 saturated carbocycles. The Morgan fingerprint density at radius 1 is 1.13 bits per heavy atom. The summed E-state index contributed by atoms with van der Waals surface area (Å²) in [5.74, 6) is -0.941.